The van der Waals surface area contributed by atoms with Gasteiger partial charge in [-0.2, -0.15) is 0 Å². The Morgan fingerprint density at radius 2 is 2.00 bits per heavy atom. The van der Waals surface area contributed by atoms with Crippen molar-refractivity contribution in [2.75, 3.05) is 6.54 Å². The summed E-state index contributed by atoms with van der Waals surface area (Å²) in [6.07, 6.45) is 5.58. The molecular weight excluding hydrogens is 206 g/mol. The van der Waals surface area contributed by atoms with Gasteiger partial charge in [0.05, 0.1) is 0 Å². The maximum atomic E-state index is 3.66. The van der Waals surface area contributed by atoms with Crippen LogP contribution in [0.4, 0.5) is 0 Å². The van der Waals surface area contributed by atoms with Gasteiger partial charge < -0.3 is 5.32 Å². The standard InChI is InChI=1S/C16H25N/c1-4-7-16(8-9-16)12-17-11-15-10-13(2)5-6-14(15)3/h5-6,10,17H,4,7-9,11-12H2,1-3H3. The lowest BCUT2D eigenvalue weighted by molar-refractivity contribution is 0.420. The predicted molar refractivity (Wildman–Crippen MR) is 74.2 cm³/mol. The van der Waals surface area contributed by atoms with Gasteiger partial charge in [0.2, 0.25) is 0 Å². The monoisotopic (exact) mass is 231 g/mol. The molecule has 0 saturated heterocycles. The van der Waals surface area contributed by atoms with Crippen LogP contribution in [0, 0.1) is 19.3 Å². The van der Waals surface area contributed by atoms with Crippen LogP contribution in [0.15, 0.2) is 18.2 Å². The molecule has 94 valence electrons. The molecule has 0 radical (unpaired) electrons. The Bertz CT molecular complexity index is 377. The van der Waals surface area contributed by atoms with E-state index < -0.39 is 0 Å². The van der Waals surface area contributed by atoms with E-state index in [0.717, 1.165) is 6.54 Å². The van der Waals surface area contributed by atoms with E-state index in [1.807, 2.05) is 0 Å². The van der Waals surface area contributed by atoms with Crippen LogP contribution in [-0.4, -0.2) is 6.54 Å². The molecule has 1 aliphatic rings. The van der Waals surface area contributed by atoms with Gasteiger partial charge in [0, 0.05) is 13.1 Å². The summed E-state index contributed by atoms with van der Waals surface area (Å²) in [6, 6.07) is 6.73. The van der Waals surface area contributed by atoms with Crippen LogP contribution in [0.3, 0.4) is 0 Å². The van der Waals surface area contributed by atoms with Crippen molar-refractivity contribution >= 4 is 0 Å². The van der Waals surface area contributed by atoms with Crippen LogP contribution in [0.25, 0.3) is 0 Å². The van der Waals surface area contributed by atoms with Gasteiger partial charge in [-0.3, -0.25) is 0 Å². The molecule has 0 unspecified atom stereocenters. The van der Waals surface area contributed by atoms with E-state index in [4.69, 9.17) is 0 Å². The summed E-state index contributed by atoms with van der Waals surface area (Å²) in [5, 5.41) is 3.66. The van der Waals surface area contributed by atoms with Gasteiger partial charge in [0.25, 0.3) is 0 Å². The summed E-state index contributed by atoms with van der Waals surface area (Å²) in [4.78, 5) is 0. The first-order valence-corrected chi connectivity index (χ1v) is 6.92. The molecule has 1 saturated carbocycles. The highest BCUT2D eigenvalue weighted by atomic mass is 14.9. The van der Waals surface area contributed by atoms with Crippen molar-refractivity contribution in [3.63, 3.8) is 0 Å². The molecule has 0 spiro atoms. The van der Waals surface area contributed by atoms with Crippen LogP contribution in [0.2, 0.25) is 0 Å². The minimum atomic E-state index is 0.659. The van der Waals surface area contributed by atoms with Gasteiger partial charge in [-0.05, 0) is 49.7 Å². The first kappa shape index (κ1) is 12.6. The van der Waals surface area contributed by atoms with Crippen LogP contribution in [-0.2, 0) is 6.54 Å². The number of aryl methyl sites for hydroxylation is 2. The van der Waals surface area contributed by atoms with Crippen molar-refractivity contribution in [1.29, 1.82) is 0 Å². The predicted octanol–water partition coefficient (Wildman–Crippen LogP) is 3.97. The van der Waals surface area contributed by atoms with Gasteiger partial charge >= 0.3 is 0 Å². The highest BCUT2D eigenvalue weighted by Gasteiger charge is 2.40. The average Bonchev–Trinajstić information content (AvgIpc) is 3.04. The Balaban J connectivity index is 1.84. The highest BCUT2D eigenvalue weighted by Crippen LogP contribution is 2.48. The van der Waals surface area contributed by atoms with E-state index in [9.17, 15) is 0 Å². The van der Waals surface area contributed by atoms with E-state index in [1.165, 1.54) is 48.9 Å². The third-order valence-corrected chi connectivity index (χ3v) is 4.06. The van der Waals surface area contributed by atoms with E-state index in [0.29, 0.717) is 5.41 Å². The molecule has 0 aromatic heterocycles. The van der Waals surface area contributed by atoms with E-state index >= 15 is 0 Å². The number of hydrogen-bond acceptors (Lipinski definition) is 1. The Hall–Kier alpha value is -0.820. The fraction of sp³-hybridized carbons (Fsp3) is 0.625. The maximum Gasteiger partial charge on any atom is 0.0208 e. The molecule has 1 heteroatoms. The van der Waals surface area contributed by atoms with Crippen LogP contribution in [0.5, 0.6) is 0 Å². The molecule has 1 N–H and O–H groups in total. The summed E-state index contributed by atoms with van der Waals surface area (Å²) in [6.45, 7) is 8.90. The molecule has 0 atom stereocenters. The lowest BCUT2D eigenvalue weighted by atomic mass is 10.0. The maximum absolute atomic E-state index is 3.66. The van der Waals surface area contributed by atoms with Crippen molar-refractivity contribution in [3.05, 3.63) is 34.9 Å². The smallest absolute Gasteiger partial charge is 0.0208 e. The second kappa shape index (κ2) is 5.22. The molecule has 1 fully saturated rings. The average molecular weight is 231 g/mol. The topological polar surface area (TPSA) is 12.0 Å². The highest BCUT2D eigenvalue weighted by molar-refractivity contribution is 5.30. The number of benzene rings is 1. The normalized spacial score (nSPS) is 17.1. The SMILES string of the molecule is CCCC1(CNCc2cc(C)ccc2C)CC1. The largest absolute Gasteiger partial charge is 0.312 e. The van der Waals surface area contributed by atoms with Crippen molar-refractivity contribution in [2.45, 2.75) is 53.0 Å². The second-order valence-electron chi connectivity index (χ2n) is 5.78. The van der Waals surface area contributed by atoms with Crippen LogP contribution < -0.4 is 5.32 Å². The van der Waals surface area contributed by atoms with Crippen molar-refractivity contribution in [3.8, 4) is 0 Å². The molecule has 0 heterocycles. The molecule has 1 aliphatic carbocycles. The van der Waals surface area contributed by atoms with Gasteiger partial charge in [0.15, 0.2) is 0 Å². The van der Waals surface area contributed by atoms with Gasteiger partial charge in [0.1, 0.15) is 0 Å². The zero-order chi connectivity index (χ0) is 12.3. The summed E-state index contributed by atoms with van der Waals surface area (Å²) >= 11 is 0. The zero-order valence-corrected chi connectivity index (χ0v) is 11.5. The van der Waals surface area contributed by atoms with Crippen molar-refractivity contribution in [1.82, 2.24) is 5.32 Å². The quantitative estimate of drug-likeness (QED) is 0.781. The Kier molecular flexibility index (Phi) is 3.88. The fourth-order valence-corrected chi connectivity index (χ4v) is 2.68. The fourth-order valence-electron chi connectivity index (χ4n) is 2.68. The molecular formula is C16H25N. The van der Waals surface area contributed by atoms with Gasteiger partial charge in [-0.15, -0.1) is 0 Å². The molecule has 2 rings (SSSR count). The Morgan fingerprint density at radius 3 is 2.65 bits per heavy atom. The number of hydrogen-bond donors (Lipinski definition) is 1. The number of nitrogens with one attached hydrogen (secondary N) is 1. The van der Waals surface area contributed by atoms with Gasteiger partial charge in [-0.1, -0.05) is 37.1 Å². The second-order valence-corrected chi connectivity index (χ2v) is 5.78. The van der Waals surface area contributed by atoms with Crippen molar-refractivity contribution in [2.24, 2.45) is 5.41 Å². The van der Waals surface area contributed by atoms with Gasteiger partial charge in [-0.25, -0.2) is 0 Å². The minimum absolute atomic E-state index is 0.659. The molecule has 0 amide bonds. The van der Waals surface area contributed by atoms with Crippen LogP contribution >= 0.6 is 0 Å². The van der Waals surface area contributed by atoms with E-state index in [2.05, 4.69) is 44.3 Å². The summed E-state index contributed by atoms with van der Waals surface area (Å²) < 4.78 is 0. The molecule has 1 nitrogen and oxygen atoms in total. The summed E-state index contributed by atoms with van der Waals surface area (Å²) in [5.74, 6) is 0. The Labute approximate surface area is 106 Å². The Morgan fingerprint density at radius 1 is 1.24 bits per heavy atom. The zero-order valence-electron chi connectivity index (χ0n) is 11.5. The molecule has 0 aliphatic heterocycles. The molecule has 17 heavy (non-hydrogen) atoms. The minimum Gasteiger partial charge on any atom is -0.312 e. The number of rotatable bonds is 6. The molecule has 1 aromatic rings. The molecule has 0 bridgehead atoms. The van der Waals surface area contributed by atoms with E-state index in [-0.39, 0.29) is 0 Å². The van der Waals surface area contributed by atoms with E-state index in [1.54, 1.807) is 0 Å². The third kappa shape index (κ3) is 3.32. The lowest BCUT2D eigenvalue weighted by Crippen LogP contribution is -2.23. The van der Waals surface area contributed by atoms with Crippen molar-refractivity contribution < 1.29 is 0 Å². The summed E-state index contributed by atoms with van der Waals surface area (Å²) in [7, 11) is 0. The summed E-state index contributed by atoms with van der Waals surface area (Å²) in [5.41, 5.74) is 4.88. The lowest BCUT2D eigenvalue weighted by Gasteiger charge is -2.16. The van der Waals surface area contributed by atoms with Crippen LogP contribution in [0.1, 0.15) is 49.3 Å². The third-order valence-electron chi connectivity index (χ3n) is 4.06. The first-order valence-electron chi connectivity index (χ1n) is 6.92. The molecule has 1 aromatic carbocycles. The first-order chi connectivity index (χ1) is 8.15.